The van der Waals surface area contributed by atoms with Crippen LogP contribution in [0.15, 0.2) is 41.2 Å². The van der Waals surface area contributed by atoms with Gasteiger partial charge in [-0.3, -0.25) is 14.4 Å². The quantitative estimate of drug-likeness (QED) is 0.386. The molecule has 4 rings (SSSR count). The summed E-state index contributed by atoms with van der Waals surface area (Å²) >= 11 is 0. The maximum Gasteiger partial charge on any atom is 0.258 e. The number of hydrogen-bond donors (Lipinski definition) is 3. The van der Waals surface area contributed by atoms with Gasteiger partial charge in [0.15, 0.2) is 0 Å². The van der Waals surface area contributed by atoms with Gasteiger partial charge in [-0.25, -0.2) is 13.4 Å². The van der Waals surface area contributed by atoms with Crippen molar-refractivity contribution < 1.29 is 18.0 Å². The number of fused-ring (bicyclic) bond motifs is 1. The van der Waals surface area contributed by atoms with Crippen molar-refractivity contribution in [2.75, 3.05) is 32.1 Å². The van der Waals surface area contributed by atoms with Gasteiger partial charge in [0.2, 0.25) is 21.4 Å². The van der Waals surface area contributed by atoms with Crippen LogP contribution >= 0.6 is 0 Å². The summed E-state index contributed by atoms with van der Waals surface area (Å²) in [6, 6.07) is 10.5. The second-order valence-electron chi connectivity index (χ2n) is 9.33. The van der Waals surface area contributed by atoms with E-state index >= 15 is 0 Å². The number of anilines is 1. The number of nitrogen functional groups attached to an aromatic ring is 1. The molecular formula is C26H32N6O5S. The Morgan fingerprint density at radius 2 is 1.87 bits per heavy atom. The molecule has 0 aliphatic carbocycles. The minimum Gasteiger partial charge on any atom is -0.384 e. The second kappa shape index (κ2) is 10.9. The molecule has 3 aromatic rings. The molecule has 1 aromatic carbocycles. The highest BCUT2D eigenvalue weighted by Gasteiger charge is 2.31. The van der Waals surface area contributed by atoms with E-state index in [-0.39, 0.29) is 36.3 Å². The monoisotopic (exact) mass is 540 g/mol. The maximum atomic E-state index is 13.0. The molecule has 0 bridgehead atoms. The average Bonchev–Trinajstić information content (AvgIpc) is 3.37. The van der Waals surface area contributed by atoms with E-state index < -0.39 is 21.4 Å². The lowest BCUT2D eigenvalue weighted by Gasteiger charge is -2.22. The second-order valence-corrected chi connectivity index (χ2v) is 11.3. The van der Waals surface area contributed by atoms with E-state index in [1.54, 1.807) is 16.7 Å². The first-order chi connectivity index (χ1) is 18.0. The number of hydrogen-bond acceptors (Lipinski definition) is 7. The van der Waals surface area contributed by atoms with Gasteiger partial charge in [-0.1, -0.05) is 24.3 Å². The van der Waals surface area contributed by atoms with Crippen LogP contribution < -0.4 is 21.8 Å². The topological polar surface area (TPSA) is 156 Å². The van der Waals surface area contributed by atoms with Crippen LogP contribution in [0.4, 0.5) is 5.82 Å². The van der Waals surface area contributed by atoms with Crippen molar-refractivity contribution in [1.29, 1.82) is 0 Å². The first-order valence-electron chi connectivity index (χ1n) is 12.4. The van der Waals surface area contributed by atoms with E-state index in [4.69, 9.17) is 5.73 Å². The van der Waals surface area contributed by atoms with Gasteiger partial charge in [0, 0.05) is 38.3 Å². The average molecular weight is 541 g/mol. The molecule has 12 heteroatoms. The van der Waals surface area contributed by atoms with E-state index in [0.717, 1.165) is 24.0 Å². The molecule has 1 saturated heterocycles. The van der Waals surface area contributed by atoms with E-state index in [1.807, 2.05) is 31.2 Å². The molecule has 0 radical (unpaired) electrons. The zero-order valence-corrected chi connectivity index (χ0v) is 22.5. The molecule has 38 heavy (non-hydrogen) atoms. The molecule has 1 atom stereocenters. The summed E-state index contributed by atoms with van der Waals surface area (Å²) in [6.07, 6.45) is 2.86. The lowest BCUT2D eigenvalue weighted by atomic mass is 10.1. The number of sulfonamides is 1. The molecule has 0 unspecified atom stereocenters. The van der Waals surface area contributed by atoms with Gasteiger partial charge in [-0.15, -0.1) is 0 Å². The number of aryl methyl sites for hydroxylation is 1. The molecule has 1 fully saturated rings. The van der Waals surface area contributed by atoms with E-state index in [1.165, 1.54) is 17.6 Å². The third-order valence-electron chi connectivity index (χ3n) is 6.82. The summed E-state index contributed by atoms with van der Waals surface area (Å²) in [5.74, 6) is -0.667. The SMILES string of the molecule is CCn1c(N)c(C(=O)NC)c(=O)c2ccc(-c3ccc(CC(=O)NC[C@H]4CCCN4S(C)(=O)=O)cc3)nc21. The highest BCUT2D eigenvalue weighted by atomic mass is 32.2. The predicted octanol–water partition coefficient (Wildman–Crippen LogP) is 1.11. The number of pyridine rings is 2. The first-order valence-corrected chi connectivity index (χ1v) is 14.3. The molecule has 202 valence electrons. The number of nitrogens with one attached hydrogen (secondary N) is 2. The Morgan fingerprint density at radius 3 is 2.50 bits per heavy atom. The number of rotatable bonds is 8. The van der Waals surface area contributed by atoms with Gasteiger partial charge in [0.1, 0.15) is 17.0 Å². The number of nitrogens with two attached hydrogens (primary N) is 1. The fourth-order valence-corrected chi connectivity index (χ4v) is 6.06. The summed E-state index contributed by atoms with van der Waals surface area (Å²) in [6.45, 7) is 3.04. The van der Waals surface area contributed by atoms with Gasteiger partial charge >= 0.3 is 0 Å². The third-order valence-corrected chi connectivity index (χ3v) is 8.15. The van der Waals surface area contributed by atoms with Gasteiger partial charge in [0.25, 0.3) is 5.91 Å². The Morgan fingerprint density at radius 1 is 1.16 bits per heavy atom. The molecule has 0 saturated carbocycles. The van der Waals surface area contributed by atoms with Gasteiger partial charge in [-0.05, 0) is 37.5 Å². The smallest absolute Gasteiger partial charge is 0.258 e. The fraction of sp³-hybridized carbons (Fsp3) is 0.385. The van der Waals surface area contributed by atoms with Gasteiger partial charge in [-0.2, -0.15) is 4.31 Å². The summed E-state index contributed by atoms with van der Waals surface area (Å²) in [5, 5.41) is 5.61. The Bertz CT molecular complexity index is 1550. The number of amides is 2. The molecule has 4 N–H and O–H groups in total. The van der Waals surface area contributed by atoms with Crippen molar-refractivity contribution in [3.8, 4) is 11.3 Å². The summed E-state index contributed by atoms with van der Waals surface area (Å²) in [5.41, 5.74) is 8.19. The molecule has 0 spiro atoms. The third kappa shape index (κ3) is 5.41. The summed E-state index contributed by atoms with van der Waals surface area (Å²) in [7, 11) is -1.84. The van der Waals surface area contributed by atoms with E-state index in [9.17, 15) is 22.8 Å². The molecule has 3 heterocycles. The maximum absolute atomic E-state index is 13.0. The van der Waals surface area contributed by atoms with Crippen molar-refractivity contribution in [2.45, 2.75) is 38.8 Å². The highest BCUT2D eigenvalue weighted by Crippen LogP contribution is 2.24. The lowest BCUT2D eigenvalue weighted by Crippen LogP contribution is -2.43. The largest absolute Gasteiger partial charge is 0.384 e. The standard InChI is InChI=1S/C26H32N6O5S/c1-4-31-24(27)22(26(35)28-2)23(34)19-11-12-20(30-25(19)31)17-9-7-16(8-10-17)14-21(33)29-15-18-6-5-13-32(18)38(3,36)37/h7-12,18H,4-6,13-15,27H2,1-3H3,(H,28,35)(H,29,33)/t18-/m1/s1. The van der Waals surface area contributed by atoms with Crippen molar-refractivity contribution in [3.05, 3.63) is 57.7 Å². The van der Waals surface area contributed by atoms with Crippen LogP contribution in [0.3, 0.4) is 0 Å². The Balaban J connectivity index is 1.51. The van der Waals surface area contributed by atoms with Crippen molar-refractivity contribution >= 4 is 38.7 Å². The Kier molecular flexibility index (Phi) is 7.83. The van der Waals surface area contributed by atoms with Crippen LogP contribution in [0.5, 0.6) is 0 Å². The van der Waals surface area contributed by atoms with Crippen LogP contribution in [0.25, 0.3) is 22.3 Å². The zero-order chi connectivity index (χ0) is 27.6. The molecular weight excluding hydrogens is 508 g/mol. The summed E-state index contributed by atoms with van der Waals surface area (Å²) in [4.78, 5) is 42.4. The van der Waals surface area contributed by atoms with E-state index in [2.05, 4.69) is 15.6 Å². The number of aromatic nitrogens is 2. The lowest BCUT2D eigenvalue weighted by molar-refractivity contribution is -0.120. The van der Waals surface area contributed by atoms with Crippen LogP contribution in [0.1, 0.15) is 35.7 Å². The zero-order valence-electron chi connectivity index (χ0n) is 21.7. The van der Waals surface area contributed by atoms with Crippen LogP contribution in [-0.2, 0) is 27.8 Å². The molecule has 1 aliphatic rings. The minimum atomic E-state index is -3.29. The van der Waals surface area contributed by atoms with Crippen LogP contribution in [0.2, 0.25) is 0 Å². The van der Waals surface area contributed by atoms with Crippen LogP contribution in [-0.4, -0.2) is 66.5 Å². The minimum absolute atomic E-state index is 0.0626. The van der Waals surface area contributed by atoms with Crippen LogP contribution in [0, 0.1) is 0 Å². The fourth-order valence-electron chi connectivity index (χ4n) is 4.88. The molecule has 11 nitrogen and oxygen atoms in total. The van der Waals surface area contributed by atoms with Gasteiger partial charge in [0.05, 0.1) is 23.8 Å². The highest BCUT2D eigenvalue weighted by molar-refractivity contribution is 7.88. The molecule has 1 aliphatic heterocycles. The number of nitrogens with zero attached hydrogens (tertiary/aromatic N) is 3. The summed E-state index contributed by atoms with van der Waals surface area (Å²) < 4.78 is 26.9. The predicted molar refractivity (Wildman–Crippen MR) is 146 cm³/mol. The van der Waals surface area contributed by atoms with Crippen molar-refractivity contribution in [2.24, 2.45) is 0 Å². The van der Waals surface area contributed by atoms with Crippen molar-refractivity contribution in [3.63, 3.8) is 0 Å². The first kappa shape index (κ1) is 27.3. The molecule has 2 aromatic heterocycles. The molecule has 2 amide bonds. The number of carbonyl (C=O) groups excluding carboxylic acids is 2. The van der Waals surface area contributed by atoms with Crippen molar-refractivity contribution in [1.82, 2.24) is 24.5 Å². The number of carbonyl (C=O) groups is 2. The Hall–Kier alpha value is -3.77. The normalized spacial score (nSPS) is 16.0. The number of benzene rings is 1. The van der Waals surface area contributed by atoms with E-state index in [0.29, 0.717) is 29.8 Å². The Labute approximate surface area is 221 Å². The van der Waals surface area contributed by atoms with Gasteiger partial charge < -0.3 is 20.9 Å².